The average molecular weight is 268 g/mol. The molecule has 1 atom stereocenters. The summed E-state index contributed by atoms with van der Waals surface area (Å²) in [4.78, 5) is 14.6. The molecule has 1 saturated carbocycles. The molecule has 3 rings (SSSR count). The fraction of sp³-hybridized carbons (Fsp3) is 0.353. The number of benzene rings is 2. The molecule has 1 aliphatic carbocycles. The van der Waals surface area contributed by atoms with Gasteiger partial charge in [-0.25, -0.2) is 0 Å². The molecule has 0 aromatic heterocycles. The molecular formula is C17H20N2O. The van der Waals surface area contributed by atoms with Crippen LogP contribution in [0.1, 0.15) is 23.2 Å². The number of carbonyl (C=O) groups is 1. The lowest BCUT2D eigenvalue weighted by atomic mass is 10.0. The summed E-state index contributed by atoms with van der Waals surface area (Å²) in [6.45, 7) is 0.539. The molecule has 2 aromatic carbocycles. The molecule has 3 nitrogen and oxygen atoms in total. The number of amides is 1. The normalized spacial score (nSPS) is 16.1. The lowest BCUT2D eigenvalue weighted by molar-refractivity contribution is 0.0720. The third-order valence-corrected chi connectivity index (χ3v) is 4.25. The van der Waals surface area contributed by atoms with Gasteiger partial charge in [0.15, 0.2) is 0 Å². The van der Waals surface area contributed by atoms with Crippen molar-refractivity contribution in [1.29, 1.82) is 0 Å². The molecule has 0 spiro atoms. The van der Waals surface area contributed by atoms with Crippen molar-refractivity contribution in [3.8, 4) is 0 Å². The van der Waals surface area contributed by atoms with Crippen molar-refractivity contribution in [2.24, 2.45) is 11.7 Å². The van der Waals surface area contributed by atoms with E-state index in [9.17, 15) is 4.79 Å². The maximum atomic E-state index is 12.8. The van der Waals surface area contributed by atoms with Gasteiger partial charge >= 0.3 is 0 Å². The van der Waals surface area contributed by atoms with Gasteiger partial charge in [0.05, 0.1) is 0 Å². The van der Waals surface area contributed by atoms with Crippen LogP contribution in [-0.4, -0.2) is 30.4 Å². The second-order valence-corrected chi connectivity index (χ2v) is 5.58. The van der Waals surface area contributed by atoms with Gasteiger partial charge in [-0.15, -0.1) is 0 Å². The highest BCUT2D eigenvalue weighted by atomic mass is 16.2. The summed E-state index contributed by atoms with van der Waals surface area (Å²) in [5.41, 5.74) is 6.62. The predicted molar refractivity (Wildman–Crippen MR) is 81.6 cm³/mol. The fourth-order valence-corrected chi connectivity index (χ4v) is 2.90. The number of nitrogens with zero attached hydrogens (tertiary/aromatic N) is 1. The van der Waals surface area contributed by atoms with Gasteiger partial charge < -0.3 is 10.6 Å². The molecule has 0 bridgehead atoms. The van der Waals surface area contributed by atoms with Crippen LogP contribution in [0.2, 0.25) is 0 Å². The van der Waals surface area contributed by atoms with Crippen molar-refractivity contribution >= 4 is 16.7 Å². The minimum absolute atomic E-state index is 0.0733. The van der Waals surface area contributed by atoms with E-state index < -0.39 is 0 Å². The van der Waals surface area contributed by atoms with Crippen LogP contribution in [0.5, 0.6) is 0 Å². The van der Waals surface area contributed by atoms with E-state index in [1.807, 2.05) is 54.4 Å². The molecule has 2 N–H and O–H groups in total. The van der Waals surface area contributed by atoms with Crippen LogP contribution in [0.3, 0.4) is 0 Å². The Morgan fingerprint density at radius 2 is 1.95 bits per heavy atom. The van der Waals surface area contributed by atoms with Crippen molar-refractivity contribution in [2.45, 2.75) is 18.9 Å². The molecule has 104 valence electrons. The summed E-state index contributed by atoms with van der Waals surface area (Å²) < 4.78 is 0. The van der Waals surface area contributed by atoms with Gasteiger partial charge in [0.1, 0.15) is 0 Å². The Bertz CT molecular complexity index is 628. The number of likely N-dealkylation sites (N-methyl/N-ethyl adjacent to an activating group) is 1. The summed E-state index contributed by atoms with van der Waals surface area (Å²) in [6, 6.07) is 14.1. The molecule has 0 radical (unpaired) electrons. The molecule has 20 heavy (non-hydrogen) atoms. The van der Waals surface area contributed by atoms with E-state index in [0.29, 0.717) is 12.5 Å². The van der Waals surface area contributed by atoms with E-state index in [0.717, 1.165) is 16.3 Å². The average Bonchev–Trinajstić information content (AvgIpc) is 3.31. The number of hydrogen-bond donors (Lipinski definition) is 1. The molecule has 0 heterocycles. The van der Waals surface area contributed by atoms with E-state index in [1.165, 1.54) is 12.8 Å². The molecular weight excluding hydrogens is 248 g/mol. The van der Waals surface area contributed by atoms with Crippen LogP contribution in [0, 0.1) is 5.92 Å². The minimum Gasteiger partial charge on any atom is -0.337 e. The van der Waals surface area contributed by atoms with Crippen molar-refractivity contribution < 1.29 is 4.79 Å². The molecule has 3 heteroatoms. The summed E-state index contributed by atoms with van der Waals surface area (Å²) in [7, 11) is 1.87. The molecule has 1 unspecified atom stereocenters. The number of rotatable bonds is 4. The first-order valence-corrected chi connectivity index (χ1v) is 7.17. The van der Waals surface area contributed by atoms with Gasteiger partial charge in [-0.2, -0.15) is 0 Å². The van der Waals surface area contributed by atoms with E-state index in [-0.39, 0.29) is 11.9 Å². The summed E-state index contributed by atoms with van der Waals surface area (Å²) in [6.07, 6.45) is 2.38. The third kappa shape index (κ3) is 2.29. The SMILES string of the molecule is CN(C(=O)c1cccc2ccccc12)C(CN)C1CC1. The quantitative estimate of drug-likeness (QED) is 0.926. The zero-order chi connectivity index (χ0) is 14.1. The molecule has 0 aliphatic heterocycles. The second kappa shape index (κ2) is 5.25. The van der Waals surface area contributed by atoms with Gasteiger partial charge in [0, 0.05) is 25.2 Å². The Morgan fingerprint density at radius 1 is 1.25 bits per heavy atom. The third-order valence-electron chi connectivity index (χ3n) is 4.25. The van der Waals surface area contributed by atoms with Crippen molar-refractivity contribution in [1.82, 2.24) is 4.90 Å². The topological polar surface area (TPSA) is 46.3 Å². The predicted octanol–water partition coefficient (Wildman–Crippen LogP) is 2.65. The van der Waals surface area contributed by atoms with Crippen molar-refractivity contribution in [2.75, 3.05) is 13.6 Å². The fourth-order valence-electron chi connectivity index (χ4n) is 2.90. The number of carbonyl (C=O) groups excluding carboxylic acids is 1. The van der Waals surface area contributed by atoms with E-state index >= 15 is 0 Å². The largest absolute Gasteiger partial charge is 0.337 e. The van der Waals surface area contributed by atoms with Gasteiger partial charge in [-0.1, -0.05) is 36.4 Å². The molecule has 1 aliphatic rings. The zero-order valence-corrected chi connectivity index (χ0v) is 11.8. The molecule has 2 aromatic rings. The first-order valence-electron chi connectivity index (χ1n) is 7.17. The Labute approximate surface area is 119 Å². The lowest BCUT2D eigenvalue weighted by Gasteiger charge is -2.27. The van der Waals surface area contributed by atoms with Crippen molar-refractivity contribution in [3.63, 3.8) is 0 Å². The summed E-state index contributed by atoms with van der Waals surface area (Å²) in [5, 5.41) is 2.11. The van der Waals surface area contributed by atoms with Crippen LogP contribution in [-0.2, 0) is 0 Å². The van der Waals surface area contributed by atoms with Crippen LogP contribution in [0.25, 0.3) is 10.8 Å². The number of fused-ring (bicyclic) bond motifs is 1. The van der Waals surface area contributed by atoms with Gasteiger partial charge in [-0.3, -0.25) is 4.79 Å². The van der Waals surface area contributed by atoms with E-state index in [2.05, 4.69) is 0 Å². The lowest BCUT2D eigenvalue weighted by Crippen LogP contribution is -2.43. The van der Waals surface area contributed by atoms with Crippen LogP contribution in [0.15, 0.2) is 42.5 Å². The molecule has 1 fully saturated rings. The van der Waals surface area contributed by atoms with Crippen LogP contribution >= 0.6 is 0 Å². The van der Waals surface area contributed by atoms with E-state index in [1.54, 1.807) is 0 Å². The van der Waals surface area contributed by atoms with Crippen LogP contribution in [0.4, 0.5) is 0 Å². The zero-order valence-electron chi connectivity index (χ0n) is 11.8. The van der Waals surface area contributed by atoms with Gasteiger partial charge in [0.25, 0.3) is 5.91 Å². The molecule has 0 saturated heterocycles. The summed E-state index contributed by atoms with van der Waals surface area (Å²) >= 11 is 0. The highest BCUT2D eigenvalue weighted by molar-refractivity contribution is 6.07. The maximum absolute atomic E-state index is 12.8. The minimum atomic E-state index is 0.0733. The molecule has 1 amide bonds. The summed E-state index contributed by atoms with van der Waals surface area (Å²) in [5.74, 6) is 0.660. The smallest absolute Gasteiger partial charge is 0.254 e. The maximum Gasteiger partial charge on any atom is 0.254 e. The Balaban J connectivity index is 1.95. The highest BCUT2D eigenvalue weighted by Gasteiger charge is 2.35. The standard InChI is InChI=1S/C17H20N2O/c1-19(16(11-18)13-9-10-13)17(20)15-8-4-6-12-5-2-3-7-14(12)15/h2-8,13,16H,9-11,18H2,1H3. The Hall–Kier alpha value is -1.87. The van der Waals surface area contributed by atoms with E-state index in [4.69, 9.17) is 5.73 Å². The monoisotopic (exact) mass is 268 g/mol. The van der Waals surface area contributed by atoms with Gasteiger partial charge in [0.2, 0.25) is 0 Å². The highest BCUT2D eigenvalue weighted by Crippen LogP contribution is 2.35. The van der Waals surface area contributed by atoms with Crippen LogP contribution < -0.4 is 5.73 Å². The number of nitrogens with two attached hydrogens (primary N) is 1. The van der Waals surface area contributed by atoms with Crippen molar-refractivity contribution in [3.05, 3.63) is 48.0 Å². The number of hydrogen-bond acceptors (Lipinski definition) is 2. The Kier molecular flexibility index (Phi) is 3.45. The Morgan fingerprint density at radius 3 is 2.65 bits per heavy atom. The van der Waals surface area contributed by atoms with Gasteiger partial charge in [-0.05, 0) is 35.6 Å². The second-order valence-electron chi connectivity index (χ2n) is 5.58. The first-order chi connectivity index (χ1) is 9.72. The first kappa shape index (κ1) is 13.1.